The van der Waals surface area contributed by atoms with Crippen molar-refractivity contribution in [2.75, 3.05) is 18.4 Å². The van der Waals surface area contributed by atoms with E-state index in [1.807, 2.05) is 0 Å². The van der Waals surface area contributed by atoms with E-state index in [4.69, 9.17) is 5.73 Å². The molecule has 4 N–H and O–H groups in total. The number of carbonyl (C=O) groups is 1. The largest absolute Gasteiger partial charge is 0.386 e. The molecule has 0 radical (unpaired) electrons. The number of anilines is 1. The fourth-order valence-corrected chi connectivity index (χ4v) is 5.15. The quantitative estimate of drug-likeness (QED) is 0.410. The Morgan fingerprint density at radius 2 is 2.00 bits per heavy atom. The summed E-state index contributed by atoms with van der Waals surface area (Å²) in [7, 11) is 0. The maximum Gasteiger partial charge on any atom is 0.256 e. The molecule has 3 aliphatic rings. The summed E-state index contributed by atoms with van der Waals surface area (Å²) in [5.41, 5.74) is 4.52. The molecule has 9 heteroatoms. The van der Waals surface area contributed by atoms with Crippen molar-refractivity contribution in [1.29, 1.82) is 0 Å². The molecule has 1 saturated heterocycles. The zero-order valence-electron chi connectivity index (χ0n) is 16.1. The minimum Gasteiger partial charge on any atom is -0.386 e. The van der Waals surface area contributed by atoms with Gasteiger partial charge in [-0.1, -0.05) is 24.6 Å². The molecule has 1 aromatic rings. The number of nitrogens with two attached hydrogens (primary N) is 1. The summed E-state index contributed by atoms with van der Waals surface area (Å²) in [5.74, 6) is -3.03. The van der Waals surface area contributed by atoms with Crippen molar-refractivity contribution >= 4 is 34.2 Å². The first-order chi connectivity index (χ1) is 14.1. The third-order valence-corrected chi connectivity index (χ3v) is 7.28. The van der Waals surface area contributed by atoms with Crippen LogP contribution in [0.3, 0.4) is 0 Å². The number of aliphatic hydroxyl groups is 1. The van der Waals surface area contributed by atoms with Crippen LogP contribution in [-0.2, 0) is 0 Å². The van der Waals surface area contributed by atoms with E-state index in [1.54, 1.807) is 28.7 Å². The van der Waals surface area contributed by atoms with Crippen LogP contribution in [0.4, 0.5) is 18.9 Å². The summed E-state index contributed by atoms with van der Waals surface area (Å²) in [4.78, 5) is 14.4. The Morgan fingerprint density at radius 1 is 1.27 bits per heavy atom. The highest BCUT2D eigenvalue weighted by Crippen LogP contribution is 2.40. The van der Waals surface area contributed by atoms with Crippen molar-refractivity contribution in [2.24, 2.45) is 11.7 Å². The molecule has 2 fully saturated rings. The van der Waals surface area contributed by atoms with Gasteiger partial charge in [0.25, 0.3) is 5.91 Å². The normalized spacial score (nSPS) is 32.2. The van der Waals surface area contributed by atoms with E-state index in [0.29, 0.717) is 0 Å². The lowest BCUT2D eigenvalue weighted by Gasteiger charge is -2.51. The molecule has 0 aromatic heterocycles. The summed E-state index contributed by atoms with van der Waals surface area (Å²) in [6, 6.07) is 0.948. The van der Waals surface area contributed by atoms with E-state index in [9.17, 15) is 23.1 Å². The lowest BCUT2D eigenvalue weighted by Crippen LogP contribution is -2.68. The lowest BCUT2D eigenvalue weighted by molar-refractivity contribution is -0.121. The van der Waals surface area contributed by atoms with Crippen molar-refractivity contribution in [3.05, 3.63) is 53.6 Å². The SMILES string of the molecule is NC1CCCC1C1(O)CN(C(=O)c2ccc(F)c(F)c2NC2C=CC=CC2(F)I)C1. The minimum absolute atomic E-state index is 0.0774. The van der Waals surface area contributed by atoms with E-state index in [0.717, 1.165) is 25.3 Å². The standard InChI is InChI=1S/C21H23F3IN3O2/c22-14-8-7-12(18(17(14)23)27-16-6-1-2-9-21(16,24)25)19(29)28-10-20(30,11-28)13-4-3-5-15(13)26/h1-2,6-9,13,15-16,27,30H,3-5,10-11,26H2. The van der Waals surface area contributed by atoms with E-state index >= 15 is 0 Å². The van der Waals surface area contributed by atoms with Gasteiger partial charge < -0.3 is 21.1 Å². The van der Waals surface area contributed by atoms with Crippen LogP contribution >= 0.6 is 22.6 Å². The Kier molecular flexibility index (Phi) is 5.65. The molecular formula is C21H23F3IN3O2. The van der Waals surface area contributed by atoms with Crippen LogP contribution in [0.1, 0.15) is 29.6 Å². The highest BCUT2D eigenvalue weighted by molar-refractivity contribution is 14.1. The van der Waals surface area contributed by atoms with E-state index in [2.05, 4.69) is 5.32 Å². The second-order valence-corrected chi connectivity index (χ2v) is 9.94. The first-order valence-corrected chi connectivity index (χ1v) is 11.0. The first-order valence-electron chi connectivity index (χ1n) is 9.88. The second-order valence-electron chi connectivity index (χ2n) is 8.29. The summed E-state index contributed by atoms with van der Waals surface area (Å²) in [6.07, 6.45) is 8.46. The molecule has 1 amide bonds. The molecule has 0 spiro atoms. The van der Waals surface area contributed by atoms with Gasteiger partial charge in [0.1, 0.15) is 5.60 Å². The summed E-state index contributed by atoms with van der Waals surface area (Å²) in [5, 5.41) is 13.5. The fourth-order valence-electron chi connectivity index (χ4n) is 4.58. The maximum absolute atomic E-state index is 14.8. The number of carbonyl (C=O) groups excluding carboxylic acids is 1. The molecule has 0 bridgehead atoms. The highest BCUT2D eigenvalue weighted by atomic mass is 127. The van der Waals surface area contributed by atoms with Crippen molar-refractivity contribution in [3.63, 3.8) is 0 Å². The fraction of sp³-hybridized carbons (Fsp3) is 0.476. The van der Waals surface area contributed by atoms with Gasteiger partial charge in [0.05, 0.1) is 30.4 Å². The van der Waals surface area contributed by atoms with Crippen molar-refractivity contribution in [1.82, 2.24) is 4.90 Å². The van der Waals surface area contributed by atoms with Crippen LogP contribution in [0.5, 0.6) is 0 Å². The van der Waals surface area contributed by atoms with Crippen LogP contribution < -0.4 is 11.1 Å². The van der Waals surface area contributed by atoms with Gasteiger partial charge in [0.2, 0.25) is 3.68 Å². The number of β-amino-alcohol motifs (C(OH)–C–C–N with tert-alkyl or cyclic N) is 1. The van der Waals surface area contributed by atoms with Crippen LogP contribution in [0.15, 0.2) is 36.4 Å². The van der Waals surface area contributed by atoms with Gasteiger partial charge in [0, 0.05) is 12.0 Å². The highest BCUT2D eigenvalue weighted by Gasteiger charge is 2.52. The Labute approximate surface area is 186 Å². The van der Waals surface area contributed by atoms with Gasteiger partial charge in [-0.25, -0.2) is 13.2 Å². The molecule has 1 aliphatic heterocycles. The van der Waals surface area contributed by atoms with Crippen LogP contribution in [0.25, 0.3) is 0 Å². The van der Waals surface area contributed by atoms with E-state index in [-0.39, 0.29) is 30.6 Å². The van der Waals surface area contributed by atoms with Gasteiger partial charge >= 0.3 is 0 Å². The number of likely N-dealkylation sites (tertiary alicyclic amines) is 1. The molecule has 1 saturated carbocycles. The van der Waals surface area contributed by atoms with Gasteiger partial charge in [-0.3, -0.25) is 4.79 Å². The predicted octanol–water partition coefficient (Wildman–Crippen LogP) is 3.29. The van der Waals surface area contributed by atoms with Crippen LogP contribution in [-0.4, -0.2) is 50.4 Å². The van der Waals surface area contributed by atoms with Gasteiger partial charge in [-0.15, -0.1) is 0 Å². The molecule has 2 aliphatic carbocycles. The predicted molar refractivity (Wildman–Crippen MR) is 116 cm³/mol. The Hall–Kier alpha value is -1.59. The summed E-state index contributed by atoms with van der Waals surface area (Å²) < 4.78 is 41.4. The molecular weight excluding hydrogens is 510 g/mol. The number of halogens is 4. The third kappa shape index (κ3) is 3.75. The van der Waals surface area contributed by atoms with Crippen molar-refractivity contribution in [2.45, 2.75) is 40.6 Å². The number of hydrogen-bond donors (Lipinski definition) is 3. The average Bonchev–Trinajstić information content (AvgIpc) is 3.10. The smallest absolute Gasteiger partial charge is 0.256 e. The number of hydrogen-bond acceptors (Lipinski definition) is 4. The molecule has 162 valence electrons. The van der Waals surface area contributed by atoms with Gasteiger partial charge in [-0.05, 0) is 53.6 Å². The Bertz CT molecular complexity index is 915. The van der Waals surface area contributed by atoms with E-state index < -0.39 is 38.5 Å². The molecule has 4 rings (SSSR count). The summed E-state index contributed by atoms with van der Waals surface area (Å²) in [6.45, 7) is 0.155. The number of nitrogens with zero attached hydrogens (tertiary/aromatic N) is 1. The van der Waals surface area contributed by atoms with Gasteiger partial charge in [-0.2, -0.15) is 0 Å². The number of amides is 1. The molecule has 1 heterocycles. The number of nitrogens with one attached hydrogen (secondary N) is 1. The van der Waals surface area contributed by atoms with Crippen LogP contribution in [0, 0.1) is 17.6 Å². The topological polar surface area (TPSA) is 78.6 Å². The van der Waals surface area contributed by atoms with E-state index in [1.165, 1.54) is 29.2 Å². The minimum atomic E-state index is -1.87. The van der Waals surface area contributed by atoms with Crippen molar-refractivity contribution in [3.8, 4) is 0 Å². The molecule has 1 aromatic carbocycles. The Morgan fingerprint density at radius 3 is 2.63 bits per heavy atom. The molecule has 5 nitrogen and oxygen atoms in total. The monoisotopic (exact) mass is 533 g/mol. The Balaban J connectivity index is 1.56. The lowest BCUT2D eigenvalue weighted by atomic mass is 9.77. The van der Waals surface area contributed by atoms with Crippen LogP contribution in [0.2, 0.25) is 0 Å². The number of rotatable bonds is 4. The number of benzene rings is 1. The second kappa shape index (κ2) is 7.83. The summed E-state index contributed by atoms with van der Waals surface area (Å²) >= 11 is 1.57. The number of allylic oxidation sites excluding steroid dienone is 2. The maximum atomic E-state index is 14.8. The third-order valence-electron chi connectivity index (χ3n) is 6.25. The first kappa shape index (κ1) is 21.6. The average molecular weight is 533 g/mol. The molecule has 4 unspecified atom stereocenters. The molecule has 4 atom stereocenters. The number of alkyl halides is 2. The van der Waals surface area contributed by atoms with Crippen molar-refractivity contribution < 1.29 is 23.1 Å². The zero-order chi connectivity index (χ0) is 21.7. The van der Waals surface area contributed by atoms with Gasteiger partial charge in [0.15, 0.2) is 11.6 Å². The zero-order valence-corrected chi connectivity index (χ0v) is 18.3. The molecule has 30 heavy (non-hydrogen) atoms.